The summed E-state index contributed by atoms with van der Waals surface area (Å²) in [5, 5.41) is 4.32. The lowest BCUT2D eigenvalue weighted by atomic mass is 9.92. The highest BCUT2D eigenvalue weighted by atomic mass is 16.2. The lowest BCUT2D eigenvalue weighted by Crippen LogP contribution is -2.46. The van der Waals surface area contributed by atoms with Gasteiger partial charge in [0, 0.05) is 38.3 Å². The summed E-state index contributed by atoms with van der Waals surface area (Å²) in [6, 6.07) is 0. The second-order valence-electron chi connectivity index (χ2n) is 8.94. The lowest BCUT2D eigenvalue weighted by molar-refractivity contribution is -0.138. The number of nitrogens with zero attached hydrogens (tertiary/aromatic N) is 4. The Morgan fingerprint density at radius 3 is 2.35 bits per heavy atom. The van der Waals surface area contributed by atoms with E-state index in [2.05, 4.69) is 32.8 Å². The molecular weight excluding hydrogens is 328 g/mol. The van der Waals surface area contributed by atoms with Gasteiger partial charge in [-0.15, -0.1) is 0 Å². The topological polar surface area (TPSA) is 58.4 Å². The van der Waals surface area contributed by atoms with Crippen molar-refractivity contribution in [2.24, 2.45) is 11.8 Å². The number of likely N-dealkylation sites (tertiary alicyclic amines) is 2. The molecule has 0 radical (unpaired) electrons. The molecule has 3 heterocycles. The molecule has 6 nitrogen and oxygen atoms in total. The van der Waals surface area contributed by atoms with Gasteiger partial charge in [-0.25, -0.2) is 0 Å². The Hall–Kier alpha value is -1.85. The number of carbonyl (C=O) groups is 2. The van der Waals surface area contributed by atoms with E-state index in [1.54, 1.807) is 6.20 Å². The maximum atomic E-state index is 12.8. The van der Waals surface area contributed by atoms with Crippen molar-refractivity contribution in [2.75, 3.05) is 26.2 Å². The number of hydrogen-bond acceptors (Lipinski definition) is 3. The van der Waals surface area contributed by atoms with Crippen molar-refractivity contribution in [1.29, 1.82) is 0 Å². The van der Waals surface area contributed by atoms with E-state index in [4.69, 9.17) is 0 Å². The van der Waals surface area contributed by atoms with Gasteiger partial charge in [-0.1, -0.05) is 6.92 Å². The second kappa shape index (κ2) is 7.41. The standard InChI is InChI=1S/C20H32N4O2/c1-15-6-5-9-23(13-15)18(25)16-7-10-22(11-8-16)19(26)17-12-21-24(14-17)20(2,3)4/h12,14-16H,5-11,13H2,1-4H3. The highest BCUT2D eigenvalue weighted by molar-refractivity contribution is 5.94. The van der Waals surface area contributed by atoms with Crippen LogP contribution < -0.4 is 0 Å². The Morgan fingerprint density at radius 1 is 1.08 bits per heavy atom. The number of aromatic nitrogens is 2. The molecule has 3 rings (SSSR count). The summed E-state index contributed by atoms with van der Waals surface area (Å²) < 4.78 is 1.83. The van der Waals surface area contributed by atoms with Gasteiger partial charge in [-0.05, 0) is 52.4 Å². The van der Waals surface area contributed by atoms with Crippen LogP contribution in [0.4, 0.5) is 0 Å². The molecule has 0 aliphatic carbocycles. The smallest absolute Gasteiger partial charge is 0.257 e. The summed E-state index contributed by atoms with van der Waals surface area (Å²) in [5.41, 5.74) is 0.498. The van der Waals surface area contributed by atoms with Crippen LogP contribution in [-0.4, -0.2) is 57.6 Å². The Kier molecular flexibility index (Phi) is 5.39. The first-order chi connectivity index (χ1) is 12.3. The maximum Gasteiger partial charge on any atom is 0.257 e. The van der Waals surface area contributed by atoms with Gasteiger partial charge in [0.15, 0.2) is 0 Å². The van der Waals surface area contributed by atoms with Gasteiger partial charge in [-0.2, -0.15) is 5.10 Å². The first-order valence-electron chi connectivity index (χ1n) is 9.89. The Morgan fingerprint density at radius 2 is 1.77 bits per heavy atom. The first kappa shape index (κ1) is 18.9. The maximum absolute atomic E-state index is 12.8. The normalized spacial score (nSPS) is 22.5. The van der Waals surface area contributed by atoms with Crippen molar-refractivity contribution in [1.82, 2.24) is 19.6 Å². The van der Waals surface area contributed by atoms with Gasteiger partial charge < -0.3 is 9.80 Å². The van der Waals surface area contributed by atoms with Crippen LogP contribution in [0.3, 0.4) is 0 Å². The average molecular weight is 361 g/mol. The molecule has 1 atom stereocenters. The molecule has 0 aromatic carbocycles. The minimum Gasteiger partial charge on any atom is -0.342 e. The van der Waals surface area contributed by atoms with Crippen LogP contribution in [0, 0.1) is 11.8 Å². The summed E-state index contributed by atoms with van der Waals surface area (Å²) in [4.78, 5) is 29.4. The van der Waals surface area contributed by atoms with Crippen molar-refractivity contribution in [2.45, 2.75) is 58.9 Å². The number of hydrogen-bond donors (Lipinski definition) is 0. The van der Waals surface area contributed by atoms with Crippen molar-refractivity contribution >= 4 is 11.8 Å². The van der Waals surface area contributed by atoms with Crippen molar-refractivity contribution < 1.29 is 9.59 Å². The van der Waals surface area contributed by atoms with Gasteiger partial charge in [0.1, 0.15) is 0 Å². The molecule has 2 saturated heterocycles. The molecule has 144 valence electrons. The molecule has 0 saturated carbocycles. The van der Waals surface area contributed by atoms with Crippen LogP contribution in [0.5, 0.6) is 0 Å². The first-order valence-corrected chi connectivity index (χ1v) is 9.89. The molecule has 0 spiro atoms. The SMILES string of the molecule is CC1CCCN(C(=O)C2CCN(C(=O)c3cnn(C(C)(C)C)c3)CC2)C1. The number of amides is 2. The van der Waals surface area contributed by atoms with E-state index in [1.807, 2.05) is 20.7 Å². The fourth-order valence-electron chi connectivity index (χ4n) is 3.96. The Labute approximate surface area is 156 Å². The van der Waals surface area contributed by atoms with Crippen LogP contribution in [0.15, 0.2) is 12.4 Å². The van der Waals surface area contributed by atoms with Gasteiger partial charge in [0.25, 0.3) is 5.91 Å². The zero-order valence-corrected chi connectivity index (χ0v) is 16.6. The molecule has 26 heavy (non-hydrogen) atoms. The van der Waals surface area contributed by atoms with E-state index < -0.39 is 0 Å². The molecule has 0 N–H and O–H groups in total. The molecule has 0 bridgehead atoms. The molecule has 2 amide bonds. The van der Waals surface area contributed by atoms with E-state index in [0.29, 0.717) is 30.5 Å². The fourth-order valence-corrected chi connectivity index (χ4v) is 3.96. The predicted molar refractivity (Wildman–Crippen MR) is 101 cm³/mol. The predicted octanol–water partition coefficient (Wildman–Crippen LogP) is 2.75. The zero-order chi connectivity index (χ0) is 18.9. The van der Waals surface area contributed by atoms with Gasteiger partial charge >= 0.3 is 0 Å². The molecule has 1 aromatic heterocycles. The van der Waals surface area contributed by atoms with Crippen LogP contribution in [0.25, 0.3) is 0 Å². The average Bonchev–Trinajstić information content (AvgIpc) is 3.11. The Balaban J connectivity index is 1.55. The highest BCUT2D eigenvalue weighted by Gasteiger charge is 2.32. The lowest BCUT2D eigenvalue weighted by Gasteiger charge is -2.37. The number of carbonyl (C=O) groups excluding carboxylic acids is 2. The minimum atomic E-state index is -0.135. The highest BCUT2D eigenvalue weighted by Crippen LogP contribution is 2.24. The fraction of sp³-hybridized carbons (Fsp3) is 0.750. The Bertz CT molecular complexity index is 653. The molecule has 1 unspecified atom stereocenters. The van der Waals surface area contributed by atoms with Crippen LogP contribution >= 0.6 is 0 Å². The minimum absolute atomic E-state index is 0.0259. The third kappa shape index (κ3) is 4.10. The van der Waals surface area contributed by atoms with E-state index in [-0.39, 0.29) is 17.4 Å². The van der Waals surface area contributed by atoms with Crippen molar-refractivity contribution in [3.8, 4) is 0 Å². The molecule has 2 fully saturated rings. The third-order valence-corrected chi connectivity index (χ3v) is 5.62. The van der Waals surface area contributed by atoms with Crippen LogP contribution in [-0.2, 0) is 10.3 Å². The largest absolute Gasteiger partial charge is 0.342 e. The van der Waals surface area contributed by atoms with E-state index >= 15 is 0 Å². The van der Waals surface area contributed by atoms with E-state index in [0.717, 1.165) is 32.4 Å². The van der Waals surface area contributed by atoms with Crippen LogP contribution in [0.1, 0.15) is 63.7 Å². The summed E-state index contributed by atoms with van der Waals surface area (Å²) in [6.45, 7) is 11.5. The summed E-state index contributed by atoms with van der Waals surface area (Å²) in [5.74, 6) is 0.998. The number of rotatable bonds is 2. The number of piperidine rings is 2. The second-order valence-corrected chi connectivity index (χ2v) is 8.94. The zero-order valence-electron chi connectivity index (χ0n) is 16.6. The van der Waals surface area contributed by atoms with Gasteiger partial charge in [0.05, 0.1) is 17.3 Å². The summed E-state index contributed by atoms with van der Waals surface area (Å²) >= 11 is 0. The van der Waals surface area contributed by atoms with Crippen molar-refractivity contribution in [3.05, 3.63) is 18.0 Å². The quantitative estimate of drug-likeness (QED) is 0.815. The molecule has 1 aromatic rings. The molecule has 2 aliphatic heterocycles. The van der Waals surface area contributed by atoms with Gasteiger partial charge in [0.2, 0.25) is 5.91 Å². The summed E-state index contributed by atoms with van der Waals surface area (Å²) in [7, 11) is 0. The van der Waals surface area contributed by atoms with Crippen molar-refractivity contribution in [3.63, 3.8) is 0 Å². The summed E-state index contributed by atoms with van der Waals surface area (Å²) in [6.07, 6.45) is 7.35. The van der Waals surface area contributed by atoms with Gasteiger partial charge in [-0.3, -0.25) is 14.3 Å². The van der Waals surface area contributed by atoms with Crippen LogP contribution in [0.2, 0.25) is 0 Å². The van der Waals surface area contributed by atoms with E-state index in [9.17, 15) is 9.59 Å². The molecular formula is C20H32N4O2. The van der Waals surface area contributed by atoms with E-state index in [1.165, 1.54) is 6.42 Å². The molecule has 2 aliphatic rings. The third-order valence-electron chi connectivity index (χ3n) is 5.62. The molecule has 6 heteroatoms. The monoisotopic (exact) mass is 360 g/mol.